The van der Waals surface area contributed by atoms with E-state index in [0.717, 1.165) is 5.57 Å². The lowest BCUT2D eigenvalue weighted by Crippen LogP contribution is -2.49. The molecule has 272 valence electrons. The smallest absolute Gasteiger partial charge is 0.404 e. The van der Waals surface area contributed by atoms with Gasteiger partial charge in [0.15, 0.2) is 0 Å². The molecule has 11 heteroatoms. The molecular weight excluding hydrogens is 618 g/mol. The minimum atomic E-state index is -0.966. The second-order valence-corrected chi connectivity index (χ2v) is 13.6. The van der Waals surface area contributed by atoms with Crippen LogP contribution in [0.2, 0.25) is 0 Å². The van der Waals surface area contributed by atoms with Crippen molar-refractivity contribution in [2.24, 2.45) is 47.2 Å². The molecule has 1 aliphatic heterocycles. The van der Waals surface area contributed by atoms with Crippen LogP contribution in [-0.4, -0.2) is 70.8 Å². The fourth-order valence-corrected chi connectivity index (χ4v) is 6.59. The van der Waals surface area contributed by atoms with E-state index in [1.165, 1.54) is 13.8 Å². The number of hydrogen-bond donors (Lipinski definition) is 3. The topological polar surface area (TPSA) is 172 Å². The van der Waals surface area contributed by atoms with Gasteiger partial charge in [-0.1, -0.05) is 90.2 Å². The van der Waals surface area contributed by atoms with Crippen molar-refractivity contribution in [3.63, 3.8) is 0 Å². The molecule has 1 rings (SSSR count). The van der Waals surface area contributed by atoms with Crippen LogP contribution in [0.1, 0.15) is 82.1 Å². The summed E-state index contributed by atoms with van der Waals surface area (Å²) in [7, 11) is 0. The van der Waals surface area contributed by atoms with Gasteiger partial charge in [-0.2, -0.15) is 0 Å². The van der Waals surface area contributed by atoms with Crippen LogP contribution < -0.4 is 5.73 Å². The van der Waals surface area contributed by atoms with Crippen LogP contribution in [0.4, 0.5) is 4.79 Å². The molecular formula is C37H59NO10. The SMILES string of the molecule is C=C/C=C\[C@H](C)[C@@H](OC(N)=O)[C@H](C)[C@H](O)[C@@H](C)C/C(C)=C\[C@@H](C)[C@@H](OC(C)=O)[C@@H](C)/C=C\[C@@H](O)C[C@H]1OC(=O)[C@@H](C)[C@H](OC(C)=O)[C@@H]1C. The molecule has 1 aliphatic rings. The van der Waals surface area contributed by atoms with Crippen molar-refractivity contribution < 1.29 is 48.3 Å². The molecule has 0 radical (unpaired) electrons. The van der Waals surface area contributed by atoms with Gasteiger partial charge in [0, 0.05) is 49.9 Å². The Morgan fingerprint density at radius 2 is 1.52 bits per heavy atom. The summed E-state index contributed by atoms with van der Waals surface area (Å²) in [4.78, 5) is 47.7. The molecule has 0 aromatic heterocycles. The Hall–Kier alpha value is -3.44. The molecule has 13 atom stereocenters. The number of hydrogen-bond acceptors (Lipinski definition) is 10. The van der Waals surface area contributed by atoms with E-state index >= 15 is 0 Å². The van der Waals surface area contributed by atoms with Crippen molar-refractivity contribution in [2.45, 2.75) is 119 Å². The largest absolute Gasteiger partial charge is 0.462 e. The fraction of sp³-hybridized carbons (Fsp3) is 0.676. The lowest BCUT2D eigenvalue weighted by molar-refractivity contribution is -0.188. The summed E-state index contributed by atoms with van der Waals surface area (Å²) >= 11 is 0. The third-order valence-electron chi connectivity index (χ3n) is 9.14. The Morgan fingerprint density at radius 3 is 2.06 bits per heavy atom. The van der Waals surface area contributed by atoms with E-state index in [0.29, 0.717) is 6.42 Å². The summed E-state index contributed by atoms with van der Waals surface area (Å²) in [6.45, 7) is 21.2. The second-order valence-electron chi connectivity index (χ2n) is 13.6. The predicted molar refractivity (Wildman–Crippen MR) is 183 cm³/mol. The average molecular weight is 678 g/mol. The van der Waals surface area contributed by atoms with E-state index in [9.17, 15) is 29.4 Å². The minimum Gasteiger partial charge on any atom is -0.462 e. The maximum Gasteiger partial charge on any atom is 0.404 e. The van der Waals surface area contributed by atoms with E-state index in [4.69, 9.17) is 24.7 Å². The van der Waals surface area contributed by atoms with Crippen molar-refractivity contribution in [2.75, 3.05) is 0 Å². The van der Waals surface area contributed by atoms with Gasteiger partial charge >= 0.3 is 24.0 Å². The lowest BCUT2D eigenvalue weighted by Gasteiger charge is -2.38. The Bertz CT molecular complexity index is 1180. The van der Waals surface area contributed by atoms with Crippen LogP contribution in [0.3, 0.4) is 0 Å². The summed E-state index contributed by atoms with van der Waals surface area (Å²) in [6, 6.07) is 0. The molecule has 11 nitrogen and oxygen atoms in total. The molecule has 48 heavy (non-hydrogen) atoms. The number of aliphatic hydroxyl groups excluding tert-OH is 2. The summed E-state index contributed by atoms with van der Waals surface area (Å²) in [5.74, 6) is -3.64. The first-order valence-electron chi connectivity index (χ1n) is 16.8. The van der Waals surface area contributed by atoms with E-state index < -0.39 is 72.5 Å². The predicted octanol–water partition coefficient (Wildman–Crippen LogP) is 5.44. The average Bonchev–Trinajstić information content (AvgIpc) is 2.99. The number of amides is 1. The highest BCUT2D eigenvalue weighted by molar-refractivity contribution is 5.75. The monoisotopic (exact) mass is 677 g/mol. The highest BCUT2D eigenvalue weighted by atomic mass is 16.6. The number of aliphatic hydroxyl groups is 2. The van der Waals surface area contributed by atoms with Crippen LogP contribution in [0.5, 0.6) is 0 Å². The molecule has 0 aromatic rings. The first-order chi connectivity index (χ1) is 22.3. The van der Waals surface area contributed by atoms with Crippen LogP contribution in [0, 0.1) is 41.4 Å². The molecule has 1 fully saturated rings. The number of carbonyl (C=O) groups excluding carboxylic acids is 4. The molecule has 1 heterocycles. The minimum absolute atomic E-state index is 0.112. The molecule has 0 saturated carbocycles. The number of esters is 3. The molecule has 0 aromatic carbocycles. The summed E-state index contributed by atoms with van der Waals surface area (Å²) in [5.41, 5.74) is 6.31. The van der Waals surface area contributed by atoms with Crippen LogP contribution in [0.15, 0.2) is 48.6 Å². The van der Waals surface area contributed by atoms with Crippen molar-refractivity contribution >= 4 is 24.0 Å². The molecule has 0 spiro atoms. The van der Waals surface area contributed by atoms with Gasteiger partial charge in [-0.05, 0) is 26.2 Å². The van der Waals surface area contributed by atoms with Gasteiger partial charge in [0.25, 0.3) is 0 Å². The Kier molecular flexibility index (Phi) is 17.9. The Labute approximate surface area is 286 Å². The third kappa shape index (κ3) is 13.6. The summed E-state index contributed by atoms with van der Waals surface area (Å²) in [5, 5.41) is 22.0. The zero-order chi connectivity index (χ0) is 36.9. The van der Waals surface area contributed by atoms with Gasteiger partial charge < -0.3 is 34.9 Å². The maximum absolute atomic E-state index is 12.4. The van der Waals surface area contributed by atoms with Gasteiger partial charge in [-0.25, -0.2) is 4.79 Å². The highest BCUT2D eigenvalue weighted by Gasteiger charge is 2.44. The second kappa shape index (κ2) is 20.2. The molecule has 0 bridgehead atoms. The molecule has 0 aliphatic carbocycles. The fourth-order valence-electron chi connectivity index (χ4n) is 6.59. The van der Waals surface area contributed by atoms with Crippen molar-refractivity contribution in [3.8, 4) is 0 Å². The first-order valence-corrected chi connectivity index (χ1v) is 16.8. The Morgan fingerprint density at radius 1 is 0.917 bits per heavy atom. The van der Waals surface area contributed by atoms with Crippen LogP contribution >= 0.6 is 0 Å². The van der Waals surface area contributed by atoms with Gasteiger partial charge in [0.2, 0.25) is 0 Å². The molecule has 4 N–H and O–H groups in total. The van der Waals surface area contributed by atoms with Gasteiger partial charge in [0.05, 0.1) is 18.1 Å². The number of cyclic esters (lactones) is 1. The number of primary amides is 1. The zero-order valence-electron chi connectivity index (χ0n) is 30.3. The molecule has 1 saturated heterocycles. The van der Waals surface area contributed by atoms with E-state index in [-0.39, 0.29) is 36.0 Å². The summed E-state index contributed by atoms with van der Waals surface area (Å²) < 4.78 is 22.0. The van der Waals surface area contributed by atoms with Crippen LogP contribution in [-0.2, 0) is 33.3 Å². The number of allylic oxidation sites excluding steroid dienone is 3. The normalized spacial score (nSPS) is 25.9. The van der Waals surface area contributed by atoms with Gasteiger partial charge in [0.1, 0.15) is 24.4 Å². The molecule has 1 amide bonds. The van der Waals surface area contributed by atoms with Gasteiger partial charge in [-0.15, -0.1) is 0 Å². The standard InChI is InChI=1S/C37H59NO10/c1-12-13-14-21(3)34(48-37(38)44)26(8)32(42)23(5)17-20(2)18-24(6)33(45-28(10)39)22(4)15-16-30(41)19-31-25(7)35(46-29(11)40)27(9)36(43)47-31/h12-16,18,21-27,30-35,41-42H,1,17,19H2,2-11H3,(H2,38,44)/b14-13-,16-15-,20-18-/t21-,22-,23-,24+,25+,26+,27-,30+,31+,32+,33-,34+,35+/m0/s1. The van der Waals surface area contributed by atoms with Gasteiger partial charge in [-0.3, -0.25) is 14.4 Å². The first kappa shape index (κ1) is 42.6. The molecule has 0 unspecified atom stereocenters. The quantitative estimate of drug-likeness (QED) is 0.0734. The third-order valence-corrected chi connectivity index (χ3v) is 9.14. The number of nitrogens with two attached hydrogens (primary N) is 1. The Balaban J connectivity index is 3.00. The van der Waals surface area contributed by atoms with Crippen molar-refractivity contribution in [1.29, 1.82) is 0 Å². The summed E-state index contributed by atoms with van der Waals surface area (Å²) in [6.07, 6.45) is 6.10. The van der Waals surface area contributed by atoms with E-state index in [1.54, 1.807) is 31.2 Å². The van der Waals surface area contributed by atoms with Crippen molar-refractivity contribution in [1.82, 2.24) is 0 Å². The lowest BCUT2D eigenvalue weighted by atomic mass is 9.81. The highest BCUT2D eigenvalue weighted by Crippen LogP contribution is 2.32. The zero-order valence-corrected chi connectivity index (χ0v) is 30.3. The maximum atomic E-state index is 12.4. The van der Waals surface area contributed by atoms with E-state index in [1.807, 2.05) is 60.6 Å². The number of ether oxygens (including phenoxy) is 4. The number of carbonyl (C=O) groups is 4. The number of rotatable bonds is 18. The van der Waals surface area contributed by atoms with E-state index in [2.05, 4.69) is 6.58 Å². The van der Waals surface area contributed by atoms with Crippen molar-refractivity contribution in [3.05, 3.63) is 48.6 Å². The van der Waals surface area contributed by atoms with Crippen LogP contribution in [0.25, 0.3) is 0 Å².